The zero-order valence-electron chi connectivity index (χ0n) is 10.3. The smallest absolute Gasteiger partial charge is 0.340 e. The molecule has 20 heavy (non-hydrogen) atoms. The van der Waals surface area contributed by atoms with Crippen molar-refractivity contribution in [3.05, 3.63) is 0 Å². The third-order valence-corrected chi connectivity index (χ3v) is 6.01. The van der Waals surface area contributed by atoms with Gasteiger partial charge in [-0.25, -0.2) is 0 Å². The maximum Gasteiger partial charge on any atom is 0.340 e. The number of hydrogen-bond donors (Lipinski definition) is 7. The van der Waals surface area contributed by atoms with E-state index in [-0.39, 0.29) is 13.1 Å². The van der Waals surface area contributed by atoms with E-state index in [2.05, 4.69) is 10.6 Å². The van der Waals surface area contributed by atoms with Crippen molar-refractivity contribution in [1.82, 2.24) is 10.6 Å². The van der Waals surface area contributed by atoms with Crippen LogP contribution in [0.15, 0.2) is 0 Å². The van der Waals surface area contributed by atoms with E-state index in [1.54, 1.807) is 0 Å². The van der Waals surface area contributed by atoms with Gasteiger partial charge in [0.15, 0.2) is 5.40 Å². The lowest BCUT2D eigenvalue weighted by molar-refractivity contribution is -0.125. The second-order valence-corrected chi connectivity index (χ2v) is 7.79. The average Bonchev–Trinajstić information content (AvgIpc) is 2.28. The molecule has 0 heterocycles. The quantitative estimate of drug-likeness (QED) is 0.230. The molecule has 0 spiro atoms. The topological polar surface area (TPSA) is 199 Å². The molecule has 0 rings (SSSR count). The van der Waals surface area contributed by atoms with Crippen molar-refractivity contribution < 1.29 is 38.3 Å². The molecular weight excluding hydrogens is 316 g/mol. The monoisotopic (exact) mass is 333 g/mol. The lowest BCUT2D eigenvalue weighted by Gasteiger charge is -2.19. The predicted octanol–water partition coefficient (Wildman–Crippen LogP) is -2.75. The summed E-state index contributed by atoms with van der Waals surface area (Å²) in [5.41, 5.74) is 4.98. The SMILES string of the molecule is NCC(=O)NCC(=O)NCCC(P(=O)(O)O)P(=O)(O)O. The molecule has 0 aromatic heterocycles. The van der Waals surface area contributed by atoms with E-state index in [0.29, 0.717) is 0 Å². The fourth-order valence-electron chi connectivity index (χ4n) is 1.19. The highest BCUT2D eigenvalue weighted by Crippen LogP contribution is 2.61. The Morgan fingerprint density at radius 2 is 1.50 bits per heavy atom. The highest BCUT2D eigenvalue weighted by Gasteiger charge is 2.42. The lowest BCUT2D eigenvalue weighted by atomic mass is 10.4. The Balaban J connectivity index is 4.27. The normalized spacial score (nSPS) is 12.3. The molecule has 0 aliphatic carbocycles. The van der Waals surface area contributed by atoms with E-state index in [4.69, 9.17) is 25.3 Å². The molecule has 0 aliphatic heterocycles. The average molecular weight is 333 g/mol. The first-order valence-corrected chi connectivity index (χ1v) is 8.68. The van der Waals surface area contributed by atoms with E-state index in [1.807, 2.05) is 0 Å². The molecule has 0 saturated heterocycles. The van der Waals surface area contributed by atoms with Crippen molar-refractivity contribution in [2.75, 3.05) is 19.6 Å². The summed E-state index contributed by atoms with van der Waals surface area (Å²) in [6.07, 6.45) is -0.606. The van der Waals surface area contributed by atoms with Crippen LogP contribution in [0.1, 0.15) is 6.42 Å². The number of carbonyl (C=O) groups is 2. The third kappa shape index (κ3) is 7.71. The maximum atomic E-state index is 11.2. The Hall–Kier alpha value is -0.800. The van der Waals surface area contributed by atoms with E-state index >= 15 is 0 Å². The van der Waals surface area contributed by atoms with Gasteiger partial charge >= 0.3 is 15.2 Å². The Bertz CT molecular complexity index is 421. The second kappa shape index (κ2) is 7.84. The summed E-state index contributed by atoms with van der Waals surface area (Å²) in [5.74, 6) is -1.24. The van der Waals surface area contributed by atoms with E-state index in [0.717, 1.165) is 0 Å². The molecule has 0 atom stereocenters. The number of rotatable bonds is 8. The largest absolute Gasteiger partial charge is 0.355 e. The van der Waals surface area contributed by atoms with Gasteiger partial charge < -0.3 is 35.9 Å². The summed E-state index contributed by atoms with van der Waals surface area (Å²) >= 11 is 0. The van der Waals surface area contributed by atoms with Crippen molar-refractivity contribution in [3.8, 4) is 0 Å². The molecule has 0 aliphatic rings. The Morgan fingerprint density at radius 1 is 1.00 bits per heavy atom. The minimum absolute atomic E-state index is 0.300. The molecule has 0 unspecified atom stereocenters. The Labute approximate surface area is 114 Å². The molecule has 118 valence electrons. The van der Waals surface area contributed by atoms with Crippen LogP contribution in [0.25, 0.3) is 0 Å². The van der Waals surface area contributed by atoms with Crippen LogP contribution >= 0.6 is 15.2 Å². The first-order chi connectivity index (χ1) is 8.98. The lowest BCUT2D eigenvalue weighted by Crippen LogP contribution is -2.40. The molecule has 2 amide bonds. The van der Waals surface area contributed by atoms with Gasteiger partial charge in [0.25, 0.3) is 0 Å². The Kier molecular flexibility index (Phi) is 7.53. The number of hydrogen-bond acceptors (Lipinski definition) is 5. The molecular formula is C7H17N3O8P2. The van der Waals surface area contributed by atoms with Crippen molar-refractivity contribution in [3.63, 3.8) is 0 Å². The maximum absolute atomic E-state index is 11.2. The molecule has 0 aromatic rings. The molecule has 11 nitrogen and oxygen atoms in total. The van der Waals surface area contributed by atoms with Crippen molar-refractivity contribution in [2.24, 2.45) is 5.73 Å². The van der Waals surface area contributed by atoms with Gasteiger partial charge in [0.1, 0.15) is 0 Å². The minimum Gasteiger partial charge on any atom is -0.355 e. The summed E-state index contributed by atoms with van der Waals surface area (Å²) in [6.45, 7) is -1.06. The molecule has 0 aromatic carbocycles. The van der Waals surface area contributed by atoms with E-state index in [1.165, 1.54) is 0 Å². The van der Waals surface area contributed by atoms with E-state index in [9.17, 15) is 18.7 Å². The fraction of sp³-hybridized carbons (Fsp3) is 0.714. The molecule has 0 fully saturated rings. The minimum atomic E-state index is -4.99. The van der Waals surface area contributed by atoms with Gasteiger partial charge in [0, 0.05) is 6.54 Å². The number of amides is 2. The van der Waals surface area contributed by atoms with Crippen LogP contribution in [-0.2, 0) is 18.7 Å². The van der Waals surface area contributed by atoms with Crippen molar-refractivity contribution in [2.45, 2.75) is 11.8 Å². The first-order valence-electron chi connectivity index (χ1n) is 5.32. The van der Waals surface area contributed by atoms with Crippen LogP contribution in [0, 0.1) is 0 Å². The van der Waals surface area contributed by atoms with Gasteiger partial charge in [-0.15, -0.1) is 0 Å². The van der Waals surface area contributed by atoms with Gasteiger partial charge in [-0.05, 0) is 6.42 Å². The molecule has 8 N–H and O–H groups in total. The van der Waals surface area contributed by atoms with E-state index < -0.39 is 45.4 Å². The number of nitrogens with two attached hydrogens (primary N) is 1. The van der Waals surface area contributed by atoms with Crippen LogP contribution < -0.4 is 16.4 Å². The van der Waals surface area contributed by atoms with Gasteiger partial charge in [-0.1, -0.05) is 0 Å². The summed E-state index contributed by atoms with van der Waals surface area (Å²) in [4.78, 5) is 57.2. The predicted molar refractivity (Wildman–Crippen MR) is 67.6 cm³/mol. The van der Waals surface area contributed by atoms with Gasteiger partial charge in [-0.3, -0.25) is 18.7 Å². The number of carbonyl (C=O) groups excluding carboxylic acids is 2. The van der Waals surface area contributed by atoms with Crippen molar-refractivity contribution >= 4 is 27.0 Å². The van der Waals surface area contributed by atoms with Crippen LogP contribution in [0.2, 0.25) is 0 Å². The van der Waals surface area contributed by atoms with Crippen LogP contribution in [0.4, 0.5) is 0 Å². The van der Waals surface area contributed by atoms with Crippen LogP contribution in [0.5, 0.6) is 0 Å². The summed E-state index contributed by atoms with van der Waals surface area (Å²) in [6, 6.07) is 0. The standard InChI is InChI=1S/C7H17N3O8P2/c8-3-5(11)10-4-6(12)9-2-1-7(19(13,14)15)20(16,17)18/h7H,1-4,8H2,(H,9,12)(H,10,11)(H2,13,14,15)(H2,16,17,18). The molecule has 0 radical (unpaired) electrons. The highest BCUT2D eigenvalue weighted by atomic mass is 31.2. The fourth-order valence-corrected chi connectivity index (χ4v) is 3.69. The zero-order valence-corrected chi connectivity index (χ0v) is 12.1. The zero-order chi connectivity index (χ0) is 16.0. The summed E-state index contributed by atoms with van der Waals surface area (Å²) in [7, 11) is -9.99. The van der Waals surface area contributed by atoms with Crippen LogP contribution in [0.3, 0.4) is 0 Å². The second-order valence-electron chi connectivity index (χ2n) is 3.78. The summed E-state index contributed by atoms with van der Waals surface area (Å²) in [5, 5.41) is 2.13. The first kappa shape index (κ1) is 19.2. The third-order valence-electron chi connectivity index (χ3n) is 2.13. The van der Waals surface area contributed by atoms with Crippen molar-refractivity contribution in [1.29, 1.82) is 0 Å². The summed E-state index contributed by atoms with van der Waals surface area (Å²) < 4.78 is 21.9. The van der Waals surface area contributed by atoms with Gasteiger partial charge in [0.05, 0.1) is 13.1 Å². The van der Waals surface area contributed by atoms with Gasteiger partial charge in [-0.2, -0.15) is 0 Å². The van der Waals surface area contributed by atoms with Gasteiger partial charge in [0.2, 0.25) is 11.8 Å². The highest BCUT2D eigenvalue weighted by molar-refractivity contribution is 7.70. The van der Waals surface area contributed by atoms with Crippen LogP contribution in [-0.4, -0.2) is 56.4 Å². The molecule has 0 saturated carbocycles. The molecule has 13 heteroatoms. The molecule has 0 bridgehead atoms. The number of nitrogens with one attached hydrogen (secondary N) is 2. The Morgan fingerprint density at radius 3 is 1.90 bits per heavy atom.